The van der Waals surface area contributed by atoms with Crippen molar-refractivity contribution in [1.82, 2.24) is 4.90 Å². The molecule has 1 heterocycles. The standard InChI is InChI=1S/C18H23NO/c1-5-11-19-14(3)17(15(4)20)12-13(2)18(19)16-9-7-6-8-10-16/h6-10,12,15,20H,3,5,11H2,1-2,4H3. The summed E-state index contributed by atoms with van der Waals surface area (Å²) >= 11 is 0. The van der Waals surface area contributed by atoms with Crippen LogP contribution in [-0.4, -0.2) is 22.7 Å². The Balaban J connectivity index is 2.54. The van der Waals surface area contributed by atoms with Crippen molar-refractivity contribution >= 4 is 5.70 Å². The van der Waals surface area contributed by atoms with E-state index in [1.807, 2.05) is 6.07 Å². The Morgan fingerprint density at radius 3 is 2.45 bits per heavy atom. The summed E-state index contributed by atoms with van der Waals surface area (Å²) in [6.07, 6.45) is 2.60. The van der Waals surface area contributed by atoms with Crippen LogP contribution in [0.4, 0.5) is 0 Å². The molecule has 2 heteroatoms. The molecule has 2 rings (SSSR count). The molecule has 0 radical (unpaired) electrons. The third-order valence-corrected chi connectivity index (χ3v) is 3.62. The minimum absolute atomic E-state index is 0.492. The van der Waals surface area contributed by atoms with Gasteiger partial charge in [-0.05, 0) is 37.5 Å². The fraction of sp³-hybridized carbons (Fsp3) is 0.333. The van der Waals surface area contributed by atoms with Crippen LogP contribution in [0.5, 0.6) is 0 Å². The molecule has 1 aromatic rings. The van der Waals surface area contributed by atoms with Gasteiger partial charge < -0.3 is 10.0 Å². The summed E-state index contributed by atoms with van der Waals surface area (Å²) in [5.41, 5.74) is 5.39. The summed E-state index contributed by atoms with van der Waals surface area (Å²) in [7, 11) is 0. The van der Waals surface area contributed by atoms with Crippen LogP contribution in [0, 0.1) is 0 Å². The second-order valence-electron chi connectivity index (χ2n) is 5.27. The van der Waals surface area contributed by atoms with Crippen molar-refractivity contribution in [3.8, 4) is 0 Å². The molecule has 1 N–H and O–H groups in total. The first kappa shape index (κ1) is 14.6. The lowest BCUT2D eigenvalue weighted by atomic mass is 9.94. The van der Waals surface area contributed by atoms with E-state index >= 15 is 0 Å². The molecule has 1 aromatic carbocycles. The summed E-state index contributed by atoms with van der Waals surface area (Å²) in [5, 5.41) is 9.93. The van der Waals surface area contributed by atoms with E-state index in [0.29, 0.717) is 0 Å². The van der Waals surface area contributed by atoms with Gasteiger partial charge in [-0.1, -0.05) is 43.8 Å². The van der Waals surface area contributed by atoms with Crippen molar-refractivity contribution in [3.05, 3.63) is 65.4 Å². The SMILES string of the molecule is C=C1C(C(C)O)=CC(C)=C(c2ccccc2)N1CCC. The fourth-order valence-corrected chi connectivity index (χ4v) is 2.70. The minimum atomic E-state index is -0.492. The maximum absolute atomic E-state index is 9.93. The number of aliphatic hydroxyl groups is 1. The molecule has 2 nitrogen and oxygen atoms in total. The Morgan fingerprint density at radius 2 is 1.90 bits per heavy atom. The monoisotopic (exact) mass is 269 g/mol. The van der Waals surface area contributed by atoms with Crippen LogP contribution in [0.1, 0.15) is 32.8 Å². The molecule has 1 aliphatic heterocycles. The van der Waals surface area contributed by atoms with Crippen LogP contribution in [0.15, 0.2) is 59.8 Å². The van der Waals surface area contributed by atoms with Gasteiger partial charge in [0.2, 0.25) is 0 Å². The van der Waals surface area contributed by atoms with Gasteiger partial charge in [0.1, 0.15) is 0 Å². The lowest BCUT2D eigenvalue weighted by molar-refractivity contribution is 0.228. The van der Waals surface area contributed by atoms with Gasteiger partial charge in [-0.3, -0.25) is 0 Å². The summed E-state index contributed by atoms with van der Waals surface area (Å²) in [6.45, 7) is 11.1. The summed E-state index contributed by atoms with van der Waals surface area (Å²) < 4.78 is 0. The number of hydrogen-bond acceptors (Lipinski definition) is 2. The zero-order valence-electron chi connectivity index (χ0n) is 12.6. The highest BCUT2D eigenvalue weighted by Gasteiger charge is 2.25. The largest absolute Gasteiger partial charge is 0.389 e. The van der Waals surface area contributed by atoms with E-state index < -0.39 is 6.10 Å². The molecule has 0 aliphatic carbocycles. The Labute approximate surface area is 121 Å². The first-order valence-electron chi connectivity index (χ1n) is 7.19. The molecular formula is C18H23NO. The molecule has 0 amide bonds. The van der Waals surface area contributed by atoms with Crippen LogP contribution in [-0.2, 0) is 0 Å². The number of rotatable bonds is 4. The van der Waals surface area contributed by atoms with Gasteiger partial charge in [0, 0.05) is 17.8 Å². The third kappa shape index (κ3) is 2.70. The van der Waals surface area contributed by atoms with Crippen LogP contribution in [0.25, 0.3) is 5.70 Å². The Bertz CT molecular complexity index is 552. The minimum Gasteiger partial charge on any atom is -0.389 e. The van der Waals surface area contributed by atoms with E-state index in [2.05, 4.69) is 55.7 Å². The molecule has 0 saturated carbocycles. The second-order valence-corrected chi connectivity index (χ2v) is 5.27. The molecule has 1 unspecified atom stereocenters. The molecular weight excluding hydrogens is 246 g/mol. The van der Waals surface area contributed by atoms with Crippen molar-refractivity contribution in [2.45, 2.75) is 33.3 Å². The first-order valence-corrected chi connectivity index (χ1v) is 7.19. The van der Waals surface area contributed by atoms with E-state index in [1.54, 1.807) is 6.92 Å². The predicted molar refractivity (Wildman–Crippen MR) is 84.9 cm³/mol. The van der Waals surface area contributed by atoms with E-state index in [4.69, 9.17) is 0 Å². The fourth-order valence-electron chi connectivity index (χ4n) is 2.70. The lowest BCUT2D eigenvalue weighted by Crippen LogP contribution is -2.29. The average molecular weight is 269 g/mol. The molecule has 0 spiro atoms. The zero-order valence-corrected chi connectivity index (χ0v) is 12.6. The molecule has 1 aliphatic rings. The number of aliphatic hydroxyl groups excluding tert-OH is 1. The summed E-state index contributed by atoms with van der Waals surface area (Å²) in [5.74, 6) is 0. The van der Waals surface area contributed by atoms with Gasteiger partial charge in [0.15, 0.2) is 0 Å². The Morgan fingerprint density at radius 1 is 1.25 bits per heavy atom. The van der Waals surface area contributed by atoms with Gasteiger partial charge >= 0.3 is 0 Å². The lowest BCUT2D eigenvalue weighted by Gasteiger charge is -2.36. The molecule has 106 valence electrons. The number of nitrogens with zero attached hydrogens (tertiary/aromatic N) is 1. The molecule has 1 atom stereocenters. The average Bonchev–Trinajstić information content (AvgIpc) is 2.43. The first-order chi connectivity index (χ1) is 9.56. The Kier molecular flexibility index (Phi) is 4.46. The smallest absolute Gasteiger partial charge is 0.0782 e. The highest BCUT2D eigenvalue weighted by Crippen LogP contribution is 2.35. The van der Waals surface area contributed by atoms with Gasteiger partial charge in [-0.15, -0.1) is 0 Å². The van der Waals surface area contributed by atoms with Crippen molar-refractivity contribution in [2.75, 3.05) is 6.54 Å². The van der Waals surface area contributed by atoms with Gasteiger partial charge in [-0.25, -0.2) is 0 Å². The molecule has 0 aromatic heterocycles. The van der Waals surface area contributed by atoms with E-state index in [-0.39, 0.29) is 0 Å². The second kappa shape index (κ2) is 6.10. The summed E-state index contributed by atoms with van der Waals surface area (Å²) in [4.78, 5) is 2.23. The van der Waals surface area contributed by atoms with Crippen LogP contribution in [0.3, 0.4) is 0 Å². The van der Waals surface area contributed by atoms with E-state index in [1.165, 1.54) is 16.8 Å². The Hall–Kier alpha value is -1.80. The zero-order chi connectivity index (χ0) is 14.7. The highest BCUT2D eigenvalue weighted by molar-refractivity contribution is 5.74. The van der Waals surface area contributed by atoms with Crippen LogP contribution < -0.4 is 0 Å². The van der Waals surface area contributed by atoms with Crippen LogP contribution in [0.2, 0.25) is 0 Å². The van der Waals surface area contributed by atoms with Crippen molar-refractivity contribution in [1.29, 1.82) is 0 Å². The quantitative estimate of drug-likeness (QED) is 0.894. The molecule has 20 heavy (non-hydrogen) atoms. The maximum Gasteiger partial charge on any atom is 0.0782 e. The van der Waals surface area contributed by atoms with Crippen molar-refractivity contribution < 1.29 is 5.11 Å². The van der Waals surface area contributed by atoms with E-state index in [9.17, 15) is 5.11 Å². The normalized spacial score (nSPS) is 17.3. The number of benzene rings is 1. The maximum atomic E-state index is 9.93. The van der Waals surface area contributed by atoms with Gasteiger partial charge in [0.25, 0.3) is 0 Å². The number of hydrogen-bond donors (Lipinski definition) is 1. The van der Waals surface area contributed by atoms with Crippen LogP contribution >= 0.6 is 0 Å². The van der Waals surface area contributed by atoms with Gasteiger partial charge in [0.05, 0.1) is 11.8 Å². The summed E-state index contributed by atoms with van der Waals surface area (Å²) in [6, 6.07) is 10.4. The number of allylic oxidation sites excluding steroid dienone is 2. The van der Waals surface area contributed by atoms with Crippen molar-refractivity contribution in [2.24, 2.45) is 0 Å². The van der Waals surface area contributed by atoms with Crippen molar-refractivity contribution in [3.63, 3.8) is 0 Å². The highest BCUT2D eigenvalue weighted by atomic mass is 16.3. The van der Waals surface area contributed by atoms with E-state index in [0.717, 1.165) is 24.2 Å². The third-order valence-electron chi connectivity index (χ3n) is 3.62. The molecule has 0 saturated heterocycles. The molecule has 0 bridgehead atoms. The van der Waals surface area contributed by atoms with Gasteiger partial charge in [-0.2, -0.15) is 0 Å². The topological polar surface area (TPSA) is 23.5 Å². The molecule has 0 fully saturated rings. The predicted octanol–water partition coefficient (Wildman–Crippen LogP) is 3.96.